The Morgan fingerprint density at radius 3 is 1.16 bits per heavy atom. The van der Waals surface area contributed by atoms with E-state index in [0.29, 0.717) is 12.8 Å². The van der Waals surface area contributed by atoms with Crippen LogP contribution >= 0.6 is 0 Å². The molecule has 5 rings (SSSR count). The number of nitrogens with one attached hydrogen (secondary N) is 4. The first-order valence-corrected chi connectivity index (χ1v) is 46.8. The highest BCUT2D eigenvalue weighted by Crippen LogP contribution is 2.41. The Morgan fingerprint density at radius 2 is 0.780 bits per heavy atom. The predicted molar refractivity (Wildman–Crippen MR) is 455 cm³/mol. The van der Waals surface area contributed by atoms with E-state index in [2.05, 4.69) is 35.1 Å². The van der Waals surface area contributed by atoms with Crippen LogP contribution in [0, 0.1) is 0 Å². The van der Waals surface area contributed by atoms with Crippen LogP contribution < -0.4 is 21.3 Å². The highest BCUT2D eigenvalue weighted by molar-refractivity contribution is 5.82. The van der Waals surface area contributed by atoms with Crippen LogP contribution in [0.25, 0.3) is 0 Å². The number of aliphatic hydroxyl groups excluding tert-OH is 21. The van der Waals surface area contributed by atoms with Crippen molar-refractivity contribution in [3.8, 4) is 0 Å². The number of aliphatic hydroxyl groups is 21. The number of amides is 4. The molecule has 32 atom stereocenters. The largest absolute Gasteiger partial charge is 0.477 e. The van der Waals surface area contributed by atoms with Gasteiger partial charge in [-0.2, -0.15) is 0 Å². The number of hydrogen-bond acceptors (Lipinski definition) is 39. The van der Waals surface area contributed by atoms with Gasteiger partial charge in [-0.25, -0.2) is 14.4 Å². The molecule has 5 fully saturated rings. The van der Waals surface area contributed by atoms with Gasteiger partial charge in [0.25, 0.3) is 17.4 Å². The van der Waals surface area contributed by atoms with Gasteiger partial charge in [0.2, 0.25) is 23.6 Å². The molecule has 0 aromatic heterocycles. The number of ether oxygens (including phenoxy) is 11. The van der Waals surface area contributed by atoms with Gasteiger partial charge in [0, 0.05) is 26.4 Å². The molecule has 0 bridgehead atoms. The molecule has 0 saturated carbocycles. The Labute approximate surface area is 767 Å². The minimum atomic E-state index is -3.51. The number of carboxylic acid groups (broad SMARTS) is 3. The van der Waals surface area contributed by atoms with Gasteiger partial charge in [-0.3, -0.25) is 19.2 Å². The van der Waals surface area contributed by atoms with Crippen molar-refractivity contribution in [1.82, 2.24) is 21.3 Å². The smallest absolute Gasteiger partial charge is 0.364 e. The Balaban J connectivity index is 1.27. The molecular weight excluding hydrogens is 1760 g/mol. The van der Waals surface area contributed by atoms with Crippen molar-refractivity contribution in [1.29, 1.82) is 0 Å². The number of rotatable bonds is 68. The van der Waals surface area contributed by atoms with Crippen LogP contribution in [-0.2, 0) is 85.7 Å². The van der Waals surface area contributed by atoms with Crippen molar-refractivity contribution in [2.24, 2.45) is 0 Å². The van der Waals surface area contributed by atoms with Gasteiger partial charge >= 0.3 is 17.9 Å². The topological polar surface area (TPSA) is 755 Å². The standard InChI is InChI=1S/C86H154N4O42/c1-4-6-8-10-12-14-16-18-19-20-21-22-23-25-27-29-31-33-35-50(98)78(115)87-48(65(107)49(97)34-32-30-28-26-24-17-15-13-11-9-7-5-2)45-123-79-71(113)70(112)73(58(43-95)127-79)128-80-72(114)77(69(111)57(42-94)126-80)132-86(83(120)121)38-53(101)63(75(131-86)67(109)55(103)40-92)90-61(106)46-124-84(81(116)117)36-51(99)62(74(129-84)66(108)54(102)39-91)89-60(105)47-125-85(82(118)119)37-52(100)64(88-59(104)44-96)76(130-85)68(110)56(41-93)122-3/h48-58,62-77,79-80,91-103,107-114H,4-47H2,1-3H3,(H,87,115)(H,88,104)(H,89,105)(H,90,106)(H,116,117)(H,118,119)(H,120,121). The molecule has 0 aromatic carbocycles. The summed E-state index contributed by atoms with van der Waals surface area (Å²) in [5.74, 6) is -21.8. The van der Waals surface area contributed by atoms with E-state index in [4.69, 9.17) is 52.1 Å². The van der Waals surface area contributed by atoms with Gasteiger partial charge in [0.05, 0.1) is 88.2 Å². The maximum Gasteiger partial charge on any atom is 0.364 e. The lowest BCUT2D eigenvalue weighted by molar-refractivity contribution is -0.386. The second kappa shape index (κ2) is 60.8. The van der Waals surface area contributed by atoms with E-state index < -0.39 is 315 Å². The average molecular weight is 1920 g/mol. The van der Waals surface area contributed by atoms with E-state index in [0.717, 1.165) is 77.7 Å². The highest BCUT2D eigenvalue weighted by Gasteiger charge is 2.63. The molecule has 5 saturated heterocycles. The van der Waals surface area contributed by atoms with Crippen molar-refractivity contribution in [3.63, 3.8) is 0 Å². The highest BCUT2D eigenvalue weighted by atomic mass is 16.8. The molecule has 46 nitrogen and oxygen atoms in total. The summed E-state index contributed by atoms with van der Waals surface area (Å²) in [7, 11) is 1.00. The number of carboxylic acids is 3. The zero-order chi connectivity index (χ0) is 98.0. The number of hydrogen-bond donors (Lipinski definition) is 28. The average Bonchev–Trinajstić information content (AvgIpc) is 0.755. The summed E-state index contributed by atoms with van der Waals surface area (Å²) in [6, 6.07) is -7.65. The summed E-state index contributed by atoms with van der Waals surface area (Å²) in [4.78, 5) is 93.5. The van der Waals surface area contributed by atoms with E-state index in [1.54, 1.807) is 0 Å². The molecule has 28 N–H and O–H groups in total. The lowest BCUT2D eigenvalue weighted by atomic mass is 9.88. The first-order chi connectivity index (χ1) is 62.9. The molecule has 132 heavy (non-hydrogen) atoms. The van der Waals surface area contributed by atoms with Crippen molar-refractivity contribution in [3.05, 3.63) is 0 Å². The molecule has 0 spiro atoms. The maximum absolute atomic E-state index is 14.1. The molecule has 0 radical (unpaired) electrons. The SMILES string of the molecule is CCCCCCCCCCCCCCCCCCCCC(O)C(=O)NC(COC1OC(CO)C(OC2OC(CO)C(O)C(OC3(C(=O)O)CC(O)C(NC(=O)COC4(C(=O)O)CC(O)C(NC(=O)COC5(C(=O)O)CC(O)C(NC(=O)CO)C(C(O)C(CO)OC)O5)C(C(O)C(O)CO)O4)C(C(O)C(O)CO)O3)C2O)C(O)C1O)C(O)C(O)CCCCCCCCCCCCCC. The molecule has 0 aliphatic carbocycles. The molecule has 5 aliphatic rings. The summed E-state index contributed by atoms with van der Waals surface area (Å²) in [5, 5.41) is 273. The van der Waals surface area contributed by atoms with Crippen LogP contribution in [0.5, 0.6) is 0 Å². The van der Waals surface area contributed by atoms with E-state index in [1.165, 1.54) is 109 Å². The molecule has 32 unspecified atom stereocenters. The molecule has 46 heteroatoms. The van der Waals surface area contributed by atoms with E-state index in [-0.39, 0.29) is 12.8 Å². The van der Waals surface area contributed by atoms with Crippen LogP contribution in [0.3, 0.4) is 0 Å². The zero-order valence-corrected chi connectivity index (χ0v) is 75.9. The van der Waals surface area contributed by atoms with Crippen molar-refractivity contribution < 1.29 is 208 Å². The summed E-state index contributed by atoms with van der Waals surface area (Å²) < 4.78 is 61.8. The van der Waals surface area contributed by atoms with Gasteiger partial charge in [0.1, 0.15) is 136 Å². The number of carbonyl (C=O) groups excluding carboxylic acids is 4. The third kappa shape index (κ3) is 35.4. The molecule has 0 aromatic rings. The van der Waals surface area contributed by atoms with Crippen molar-refractivity contribution >= 4 is 41.5 Å². The van der Waals surface area contributed by atoms with Crippen molar-refractivity contribution in [2.75, 3.05) is 66.6 Å². The fourth-order valence-electron chi connectivity index (χ4n) is 17.1. The van der Waals surface area contributed by atoms with Crippen LogP contribution in [0.15, 0.2) is 0 Å². The van der Waals surface area contributed by atoms with Gasteiger partial charge in [-0.1, -0.05) is 206 Å². The summed E-state index contributed by atoms with van der Waals surface area (Å²) in [6.45, 7) is -6.67. The van der Waals surface area contributed by atoms with Gasteiger partial charge < -0.3 is 196 Å². The number of carbonyl (C=O) groups is 7. The normalized spacial score (nSPS) is 31.6. The van der Waals surface area contributed by atoms with Crippen LogP contribution in [0.1, 0.15) is 239 Å². The third-order valence-electron chi connectivity index (χ3n) is 25.1. The summed E-state index contributed by atoms with van der Waals surface area (Å²) in [6.07, 6.45) is -25.2. The first-order valence-electron chi connectivity index (χ1n) is 46.8. The molecule has 5 heterocycles. The quantitative estimate of drug-likeness (QED) is 0.0253. The minimum Gasteiger partial charge on any atom is -0.477 e. The first kappa shape index (κ1) is 118. The molecule has 5 aliphatic heterocycles. The lowest BCUT2D eigenvalue weighted by Crippen LogP contribution is -2.71. The van der Waals surface area contributed by atoms with Crippen LogP contribution in [0.4, 0.5) is 0 Å². The van der Waals surface area contributed by atoms with Crippen molar-refractivity contribution in [2.45, 2.75) is 433 Å². The van der Waals surface area contributed by atoms with Gasteiger partial charge in [-0.05, 0) is 12.8 Å². The van der Waals surface area contributed by atoms with E-state index in [1.807, 2.05) is 0 Å². The van der Waals surface area contributed by atoms with Crippen LogP contribution in [-0.4, -0.2) is 425 Å². The lowest BCUT2D eigenvalue weighted by Gasteiger charge is -2.50. The number of aliphatic carboxylic acids is 3. The predicted octanol–water partition coefficient (Wildman–Crippen LogP) is -5.19. The number of unbranched alkanes of at least 4 members (excludes halogenated alkanes) is 28. The summed E-state index contributed by atoms with van der Waals surface area (Å²) in [5.41, 5.74) is 0. The fourth-order valence-corrected chi connectivity index (χ4v) is 17.1. The Bertz CT molecular complexity index is 3280. The summed E-state index contributed by atoms with van der Waals surface area (Å²) >= 11 is 0. The molecule has 4 amide bonds. The van der Waals surface area contributed by atoms with E-state index in [9.17, 15) is 156 Å². The molecule has 770 valence electrons. The second-order valence-corrected chi connectivity index (χ2v) is 35.3. The van der Waals surface area contributed by atoms with E-state index >= 15 is 0 Å². The van der Waals surface area contributed by atoms with Gasteiger partial charge in [0.15, 0.2) is 12.6 Å². The fraction of sp³-hybridized carbons (Fsp3) is 0.919. The monoisotopic (exact) mass is 1920 g/mol. The number of methoxy groups -OCH3 is 1. The Hall–Kier alpha value is -4.99. The van der Waals surface area contributed by atoms with Gasteiger partial charge in [-0.15, -0.1) is 0 Å². The molecular formula is C86H154N4O42. The minimum absolute atomic E-state index is 0.0582. The Morgan fingerprint density at radius 1 is 0.409 bits per heavy atom. The Kier molecular flexibility index (Phi) is 54.1. The third-order valence-corrected chi connectivity index (χ3v) is 25.1. The second-order valence-electron chi connectivity index (χ2n) is 35.3. The van der Waals surface area contributed by atoms with Crippen LogP contribution in [0.2, 0.25) is 0 Å². The maximum atomic E-state index is 14.1. The zero-order valence-electron chi connectivity index (χ0n) is 75.9.